The van der Waals surface area contributed by atoms with Crippen molar-refractivity contribution in [3.8, 4) is 0 Å². The van der Waals surface area contributed by atoms with Gasteiger partial charge in [-0.05, 0) is 12.8 Å². The highest BCUT2D eigenvalue weighted by Crippen LogP contribution is 2.10. The molecule has 1 heterocycles. The van der Waals surface area contributed by atoms with Crippen LogP contribution in [0.4, 0.5) is 0 Å². The molecule has 1 fully saturated rings. The first-order valence-electron chi connectivity index (χ1n) is 4.72. The second kappa shape index (κ2) is 5.54. The maximum Gasteiger partial charge on any atom is 0.169 e. The summed E-state index contributed by atoms with van der Waals surface area (Å²) in [6, 6.07) is 0. The molecule has 0 unspecified atom stereocenters. The number of rotatable bonds is 4. The monoisotopic (exact) mass is 189 g/mol. The Balaban J connectivity index is 2.21. The summed E-state index contributed by atoms with van der Waals surface area (Å²) in [7, 11) is 3.29. The highest BCUT2D eigenvalue weighted by molar-refractivity contribution is 4.71. The minimum absolute atomic E-state index is 0.111. The molecular formula is C9H19NO3. The van der Waals surface area contributed by atoms with E-state index in [0.29, 0.717) is 0 Å². The van der Waals surface area contributed by atoms with E-state index in [1.165, 1.54) is 0 Å². The molecule has 0 spiro atoms. The van der Waals surface area contributed by atoms with Crippen LogP contribution in [0.25, 0.3) is 0 Å². The van der Waals surface area contributed by atoms with Crippen molar-refractivity contribution >= 4 is 0 Å². The van der Waals surface area contributed by atoms with E-state index in [0.717, 1.165) is 32.5 Å². The van der Waals surface area contributed by atoms with E-state index in [9.17, 15) is 5.11 Å². The Morgan fingerprint density at radius 1 is 1.31 bits per heavy atom. The molecular weight excluding hydrogens is 170 g/mol. The van der Waals surface area contributed by atoms with E-state index >= 15 is 0 Å². The summed E-state index contributed by atoms with van der Waals surface area (Å²) in [6.07, 6.45) is 1.47. The van der Waals surface area contributed by atoms with Crippen LogP contribution in [0.1, 0.15) is 12.8 Å². The molecule has 0 saturated carbocycles. The van der Waals surface area contributed by atoms with Gasteiger partial charge in [-0.2, -0.15) is 0 Å². The zero-order valence-corrected chi connectivity index (χ0v) is 8.40. The zero-order valence-electron chi connectivity index (χ0n) is 8.40. The van der Waals surface area contributed by atoms with E-state index in [1.54, 1.807) is 14.2 Å². The summed E-state index contributed by atoms with van der Waals surface area (Å²) in [4.78, 5) is 2.25. The first-order chi connectivity index (χ1) is 6.26. The molecule has 1 saturated heterocycles. The van der Waals surface area contributed by atoms with Gasteiger partial charge in [0.2, 0.25) is 0 Å². The minimum Gasteiger partial charge on any atom is -0.393 e. The number of likely N-dealkylation sites (tertiary alicyclic amines) is 1. The Kier molecular flexibility index (Phi) is 4.66. The van der Waals surface area contributed by atoms with Gasteiger partial charge in [-0.25, -0.2) is 0 Å². The van der Waals surface area contributed by atoms with Gasteiger partial charge in [0.05, 0.1) is 6.10 Å². The highest BCUT2D eigenvalue weighted by atomic mass is 16.7. The smallest absolute Gasteiger partial charge is 0.169 e. The normalized spacial score (nSPS) is 21.2. The molecule has 0 amide bonds. The van der Waals surface area contributed by atoms with Gasteiger partial charge in [-0.1, -0.05) is 0 Å². The van der Waals surface area contributed by atoms with Crippen molar-refractivity contribution in [2.45, 2.75) is 25.2 Å². The van der Waals surface area contributed by atoms with E-state index in [1.807, 2.05) is 0 Å². The van der Waals surface area contributed by atoms with Gasteiger partial charge in [0.1, 0.15) is 0 Å². The molecule has 0 aromatic rings. The van der Waals surface area contributed by atoms with Crippen LogP contribution in [-0.2, 0) is 9.47 Å². The number of piperidine rings is 1. The van der Waals surface area contributed by atoms with Gasteiger partial charge in [-0.15, -0.1) is 0 Å². The summed E-state index contributed by atoms with van der Waals surface area (Å²) in [5.74, 6) is 0. The van der Waals surface area contributed by atoms with Crippen molar-refractivity contribution < 1.29 is 14.6 Å². The second-order valence-corrected chi connectivity index (χ2v) is 3.43. The van der Waals surface area contributed by atoms with Crippen molar-refractivity contribution in [2.24, 2.45) is 0 Å². The number of hydrogen-bond donors (Lipinski definition) is 1. The third-order valence-electron chi connectivity index (χ3n) is 2.49. The Hall–Kier alpha value is -0.160. The fraction of sp³-hybridized carbons (Fsp3) is 1.00. The Morgan fingerprint density at radius 2 is 1.85 bits per heavy atom. The summed E-state index contributed by atoms with van der Waals surface area (Å²) in [6.45, 7) is 2.66. The predicted molar refractivity (Wildman–Crippen MR) is 49.5 cm³/mol. The molecule has 4 nitrogen and oxygen atoms in total. The second-order valence-electron chi connectivity index (χ2n) is 3.43. The van der Waals surface area contributed by atoms with Gasteiger partial charge in [0.15, 0.2) is 6.29 Å². The van der Waals surface area contributed by atoms with Crippen LogP contribution in [0.15, 0.2) is 0 Å². The lowest BCUT2D eigenvalue weighted by Gasteiger charge is -2.31. The Labute approximate surface area is 79.4 Å². The third-order valence-corrected chi connectivity index (χ3v) is 2.49. The number of aliphatic hydroxyl groups is 1. The number of nitrogens with zero attached hydrogens (tertiary/aromatic N) is 1. The van der Waals surface area contributed by atoms with Crippen LogP contribution in [0.3, 0.4) is 0 Å². The van der Waals surface area contributed by atoms with E-state index in [2.05, 4.69) is 4.90 Å². The fourth-order valence-electron chi connectivity index (χ4n) is 1.56. The quantitative estimate of drug-likeness (QED) is 0.635. The zero-order chi connectivity index (χ0) is 9.68. The van der Waals surface area contributed by atoms with Crippen LogP contribution < -0.4 is 0 Å². The molecule has 0 aromatic heterocycles. The van der Waals surface area contributed by atoms with Crippen molar-refractivity contribution in [3.63, 3.8) is 0 Å². The number of aliphatic hydroxyl groups excluding tert-OH is 1. The first kappa shape index (κ1) is 10.9. The number of methoxy groups -OCH3 is 2. The molecule has 0 radical (unpaired) electrons. The van der Waals surface area contributed by atoms with E-state index < -0.39 is 0 Å². The average molecular weight is 189 g/mol. The highest BCUT2D eigenvalue weighted by Gasteiger charge is 2.19. The minimum atomic E-state index is -0.143. The predicted octanol–water partition coefficient (Wildman–Crippen LogP) is 0.0620. The van der Waals surface area contributed by atoms with E-state index in [4.69, 9.17) is 9.47 Å². The van der Waals surface area contributed by atoms with Crippen LogP contribution in [-0.4, -0.2) is 56.3 Å². The molecule has 0 aliphatic carbocycles. The largest absolute Gasteiger partial charge is 0.393 e. The molecule has 4 heteroatoms. The van der Waals surface area contributed by atoms with Gasteiger partial charge < -0.3 is 14.6 Å². The van der Waals surface area contributed by atoms with Gasteiger partial charge in [-0.3, -0.25) is 4.90 Å². The molecule has 1 aliphatic heterocycles. The summed E-state index contributed by atoms with van der Waals surface area (Å²) in [5, 5.41) is 9.29. The Bertz CT molecular complexity index is 131. The van der Waals surface area contributed by atoms with Crippen LogP contribution >= 0.6 is 0 Å². The van der Waals surface area contributed by atoms with Crippen molar-refractivity contribution in [2.75, 3.05) is 33.9 Å². The molecule has 0 bridgehead atoms. The van der Waals surface area contributed by atoms with E-state index in [-0.39, 0.29) is 12.4 Å². The van der Waals surface area contributed by atoms with Crippen LogP contribution in [0.5, 0.6) is 0 Å². The van der Waals surface area contributed by atoms with Crippen molar-refractivity contribution in [1.82, 2.24) is 4.90 Å². The lowest BCUT2D eigenvalue weighted by molar-refractivity contribution is -0.120. The summed E-state index contributed by atoms with van der Waals surface area (Å²) >= 11 is 0. The van der Waals surface area contributed by atoms with Gasteiger partial charge >= 0.3 is 0 Å². The average Bonchev–Trinajstić information content (AvgIpc) is 2.17. The standard InChI is InChI=1S/C9H19NO3/c1-12-9(13-2)7-10-5-3-8(11)4-6-10/h8-9,11H,3-7H2,1-2H3. The SMILES string of the molecule is COC(CN1CCC(O)CC1)OC. The lowest BCUT2D eigenvalue weighted by atomic mass is 10.1. The third kappa shape index (κ3) is 3.60. The summed E-state index contributed by atoms with van der Waals surface area (Å²) in [5.41, 5.74) is 0. The van der Waals surface area contributed by atoms with Gasteiger partial charge in [0.25, 0.3) is 0 Å². The number of hydrogen-bond acceptors (Lipinski definition) is 4. The molecule has 0 atom stereocenters. The maximum atomic E-state index is 9.29. The molecule has 1 rings (SSSR count). The molecule has 78 valence electrons. The Morgan fingerprint density at radius 3 is 2.31 bits per heavy atom. The first-order valence-corrected chi connectivity index (χ1v) is 4.72. The lowest BCUT2D eigenvalue weighted by Crippen LogP contribution is -2.41. The molecule has 1 N–H and O–H groups in total. The van der Waals surface area contributed by atoms with Crippen LogP contribution in [0.2, 0.25) is 0 Å². The fourth-order valence-corrected chi connectivity index (χ4v) is 1.56. The van der Waals surface area contributed by atoms with Gasteiger partial charge in [0, 0.05) is 33.9 Å². The van der Waals surface area contributed by atoms with Crippen molar-refractivity contribution in [3.05, 3.63) is 0 Å². The molecule has 1 aliphatic rings. The maximum absolute atomic E-state index is 9.29. The summed E-state index contributed by atoms with van der Waals surface area (Å²) < 4.78 is 10.2. The number of ether oxygens (including phenoxy) is 2. The van der Waals surface area contributed by atoms with Crippen molar-refractivity contribution in [1.29, 1.82) is 0 Å². The molecule has 0 aromatic carbocycles. The molecule has 13 heavy (non-hydrogen) atoms. The van der Waals surface area contributed by atoms with Crippen LogP contribution in [0, 0.1) is 0 Å². The topological polar surface area (TPSA) is 41.9 Å².